The highest BCUT2D eigenvalue weighted by Crippen LogP contribution is 2.33. The first-order valence-corrected chi connectivity index (χ1v) is 11.6. The molecule has 1 heterocycles. The topological polar surface area (TPSA) is 45.0 Å². The summed E-state index contributed by atoms with van der Waals surface area (Å²) in [7, 11) is 3.25. The van der Waals surface area contributed by atoms with Crippen LogP contribution >= 0.6 is 0 Å². The molecule has 0 fully saturated rings. The Morgan fingerprint density at radius 1 is 0.865 bits per heavy atom. The molecule has 0 spiro atoms. The fourth-order valence-corrected chi connectivity index (χ4v) is 4.07. The van der Waals surface area contributed by atoms with Crippen LogP contribution < -0.4 is 9.47 Å². The van der Waals surface area contributed by atoms with Crippen molar-refractivity contribution in [3.8, 4) is 28.4 Å². The van der Waals surface area contributed by atoms with Gasteiger partial charge in [0.15, 0.2) is 0 Å². The summed E-state index contributed by atoms with van der Waals surface area (Å²) in [5.74, 6) is 1.50. The fraction of sp³-hybridized carbons (Fsp3) is 0.207. The monoisotopic (exact) mass is 508 g/mol. The normalized spacial score (nSPS) is 11.9. The van der Waals surface area contributed by atoms with Crippen LogP contribution in [-0.4, -0.2) is 24.5 Å². The van der Waals surface area contributed by atoms with Crippen LogP contribution in [0.5, 0.6) is 11.5 Å². The van der Waals surface area contributed by atoms with Gasteiger partial charge in [0.2, 0.25) is 0 Å². The van der Waals surface area contributed by atoms with Crippen molar-refractivity contribution < 1.29 is 27.5 Å². The van der Waals surface area contributed by atoms with Gasteiger partial charge in [-0.25, -0.2) is 0 Å². The fourth-order valence-electron chi connectivity index (χ4n) is 4.07. The Labute approximate surface area is 213 Å². The third-order valence-electron chi connectivity index (χ3n) is 6.05. The molecule has 0 amide bonds. The van der Waals surface area contributed by atoms with Gasteiger partial charge >= 0.3 is 6.18 Å². The summed E-state index contributed by atoms with van der Waals surface area (Å²) in [5, 5.41) is 4.26. The average Bonchev–Trinajstić information content (AvgIpc) is 3.25. The first kappa shape index (κ1) is 25.9. The number of alkyl halides is 3. The Hall–Kier alpha value is -4.20. The van der Waals surface area contributed by atoms with Gasteiger partial charge in [-0.3, -0.25) is 0 Å². The third kappa shape index (κ3) is 5.80. The van der Waals surface area contributed by atoms with Crippen LogP contribution in [0.3, 0.4) is 0 Å². The SMILES string of the molecule is COc1ccc(-n2c(-c3cccc(OC)c3)cc(C(C)=NOCc3ccc(C(F)(F)F)cc3)c2C)cc1. The lowest BCUT2D eigenvalue weighted by Gasteiger charge is -2.13. The van der Waals surface area contributed by atoms with E-state index in [1.807, 2.05) is 68.4 Å². The molecule has 0 unspecified atom stereocenters. The predicted molar refractivity (Wildman–Crippen MR) is 137 cm³/mol. The second-order valence-corrected chi connectivity index (χ2v) is 8.44. The van der Waals surface area contributed by atoms with E-state index < -0.39 is 11.7 Å². The second-order valence-electron chi connectivity index (χ2n) is 8.44. The number of hydrogen-bond donors (Lipinski definition) is 0. The van der Waals surface area contributed by atoms with Crippen LogP contribution in [0, 0.1) is 6.92 Å². The van der Waals surface area contributed by atoms with Crippen molar-refractivity contribution in [1.82, 2.24) is 4.57 Å². The van der Waals surface area contributed by atoms with E-state index in [0.717, 1.165) is 51.8 Å². The largest absolute Gasteiger partial charge is 0.497 e. The molecule has 0 atom stereocenters. The average molecular weight is 509 g/mol. The molecule has 8 heteroatoms. The molecule has 0 radical (unpaired) electrons. The van der Waals surface area contributed by atoms with E-state index in [9.17, 15) is 13.2 Å². The van der Waals surface area contributed by atoms with Gasteiger partial charge in [0.25, 0.3) is 0 Å². The molecule has 0 saturated carbocycles. The maximum atomic E-state index is 12.8. The molecule has 4 rings (SSSR count). The number of halogens is 3. The summed E-state index contributed by atoms with van der Waals surface area (Å²) < 4.78 is 51.2. The van der Waals surface area contributed by atoms with Crippen molar-refractivity contribution in [2.45, 2.75) is 26.6 Å². The minimum atomic E-state index is -4.37. The first-order valence-electron chi connectivity index (χ1n) is 11.6. The van der Waals surface area contributed by atoms with Crippen LogP contribution in [0.2, 0.25) is 0 Å². The number of oxime groups is 1. The van der Waals surface area contributed by atoms with E-state index in [2.05, 4.69) is 9.72 Å². The molecule has 1 aromatic heterocycles. The van der Waals surface area contributed by atoms with Crippen molar-refractivity contribution in [1.29, 1.82) is 0 Å². The molecule has 0 N–H and O–H groups in total. The van der Waals surface area contributed by atoms with Crippen molar-refractivity contribution in [2.24, 2.45) is 5.16 Å². The standard InChI is InChI=1S/C29H27F3N2O3/c1-19(33-37-18-21-8-10-23(11-9-21)29(30,31)32)27-17-28(22-6-5-7-26(16-22)36-4)34(20(27)2)24-12-14-25(35-3)15-13-24/h5-17H,18H2,1-4H3. The van der Waals surface area contributed by atoms with E-state index in [1.165, 1.54) is 12.1 Å². The van der Waals surface area contributed by atoms with Crippen molar-refractivity contribution >= 4 is 5.71 Å². The summed E-state index contributed by atoms with van der Waals surface area (Å²) in [5.41, 5.74) is 5.20. The summed E-state index contributed by atoms with van der Waals surface area (Å²) in [4.78, 5) is 5.50. The van der Waals surface area contributed by atoms with Crippen LogP contribution in [0.15, 0.2) is 84.0 Å². The maximum absolute atomic E-state index is 12.8. The molecule has 0 aliphatic heterocycles. The van der Waals surface area contributed by atoms with E-state index in [0.29, 0.717) is 11.3 Å². The number of ether oxygens (including phenoxy) is 2. The molecular weight excluding hydrogens is 481 g/mol. The zero-order valence-electron chi connectivity index (χ0n) is 21.0. The Balaban J connectivity index is 1.66. The molecule has 37 heavy (non-hydrogen) atoms. The zero-order chi connectivity index (χ0) is 26.6. The van der Waals surface area contributed by atoms with Crippen molar-refractivity contribution in [3.63, 3.8) is 0 Å². The Morgan fingerprint density at radius 3 is 2.16 bits per heavy atom. The number of nitrogens with zero attached hydrogens (tertiary/aromatic N) is 2. The Kier molecular flexibility index (Phi) is 7.57. The minimum absolute atomic E-state index is 0.0520. The van der Waals surface area contributed by atoms with Crippen LogP contribution in [-0.2, 0) is 17.6 Å². The lowest BCUT2D eigenvalue weighted by atomic mass is 10.1. The molecule has 4 aromatic rings. The van der Waals surface area contributed by atoms with Crippen LogP contribution in [0.1, 0.15) is 29.3 Å². The molecule has 3 aromatic carbocycles. The van der Waals surface area contributed by atoms with Crippen molar-refractivity contribution in [3.05, 3.63) is 101 Å². The quantitative estimate of drug-likeness (QED) is 0.184. The summed E-state index contributed by atoms with van der Waals surface area (Å²) in [6.45, 7) is 3.89. The lowest BCUT2D eigenvalue weighted by Crippen LogP contribution is -2.04. The highest BCUT2D eigenvalue weighted by atomic mass is 19.4. The molecule has 0 saturated heterocycles. The van der Waals surface area contributed by atoms with E-state index >= 15 is 0 Å². The van der Waals surface area contributed by atoms with E-state index in [1.54, 1.807) is 14.2 Å². The number of rotatable bonds is 8. The van der Waals surface area contributed by atoms with Crippen LogP contribution in [0.4, 0.5) is 13.2 Å². The van der Waals surface area contributed by atoms with Crippen molar-refractivity contribution in [2.75, 3.05) is 14.2 Å². The molecule has 5 nitrogen and oxygen atoms in total. The van der Waals surface area contributed by atoms with E-state index in [4.69, 9.17) is 14.3 Å². The minimum Gasteiger partial charge on any atom is -0.497 e. The number of aromatic nitrogens is 1. The van der Waals surface area contributed by atoms with Crippen LogP contribution in [0.25, 0.3) is 16.9 Å². The van der Waals surface area contributed by atoms with E-state index in [-0.39, 0.29) is 6.61 Å². The summed E-state index contributed by atoms with van der Waals surface area (Å²) in [6.07, 6.45) is -4.37. The smallest absolute Gasteiger partial charge is 0.416 e. The van der Waals surface area contributed by atoms with Gasteiger partial charge in [0.05, 0.1) is 31.2 Å². The molecular formula is C29H27F3N2O3. The molecule has 0 aliphatic carbocycles. The number of hydrogen-bond acceptors (Lipinski definition) is 4. The molecule has 192 valence electrons. The molecule has 0 aliphatic rings. The Morgan fingerprint density at radius 2 is 1.54 bits per heavy atom. The highest BCUT2D eigenvalue weighted by Gasteiger charge is 2.29. The summed E-state index contributed by atoms with van der Waals surface area (Å²) >= 11 is 0. The zero-order valence-corrected chi connectivity index (χ0v) is 21.0. The predicted octanol–water partition coefficient (Wildman–Crippen LogP) is 7.43. The third-order valence-corrected chi connectivity index (χ3v) is 6.05. The van der Waals surface area contributed by atoms with Gasteiger partial charge < -0.3 is 18.9 Å². The van der Waals surface area contributed by atoms with Gasteiger partial charge in [-0.05, 0) is 74.0 Å². The number of benzene rings is 3. The van der Waals surface area contributed by atoms with Gasteiger partial charge in [-0.2, -0.15) is 13.2 Å². The van der Waals surface area contributed by atoms with Gasteiger partial charge in [0.1, 0.15) is 18.1 Å². The Bertz CT molecular complexity index is 1390. The lowest BCUT2D eigenvalue weighted by molar-refractivity contribution is -0.137. The van der Waals surface area contributed by atoms with Gasteiger partial charge in [0, 0.05) is 22.5 Å². The maximum Gasteiger partial charge on any atom is 0.416 e. The first-order chi connectivity index (χ1) is 17.7. The number of methoxy groups -OCH3 is 2. The van der Waals surface area contributed by atoms with Gasteiger partial charge in [-0.1, -0.05) is 29.4 Å². The highest BCUT2D eigenvalue weighted by molar-refractivity contribution is 6.01. The second kappa shape index (κ2) is 10.8. The summed E-state index contributed by atoms with van der Waals surface area (Å²) in [6, 6.07) is 22.4. The van der Waals surface area contributed by atoms with Gasteiger partial charge in [-0.15, -0.1) is 0 Å². The molecule has 0 bridgehead atoms.